The molecule has 2 N–H and O–H groups in total. The largest absolute Gasteiger partial charge is 0.375 e. The zero-order valence-electron chi connectivity index (χ0n) is 13.4. The average molecular weight is 323 g/mol. The number of carbonyl (C=O) groups is 1. The van der Waals surface area contributed by atoms with Gasteiger partial charge in [-0.2, -0.15) is 0 Å². The predicted molar refractivity (Wildman–Crippen MR) is 88.7 cm³/mol. The van der Waals surface area contributed by atoms with E-state index in [1.165, 1.54) is 24.2 Å². The lowest BCUT2D eigenvalue weighted by atomic mass is 9.98. The molecule has 6 nitrogen and oxygen atoms in total. The maximum atomic E-state index is 11.8. The van der Waals surface area contributed by atoms with Gasteiger partial charge in [-0.1, -0.05) is 0 Å². The summed E-state index contributed by atoms with van der Waals surface area (Å²) < 4.78 is 0. The number of nitrogens with two attached hydrogens (primary N) is 1. The molecular weight excluding hydrogens is 298 g/mol. The van der Waals surface area contributed by atoms with Crippen LogP contribution >= 0.6 is 11.3 Å². The molecule has 2 fully saturated rings. The van der Waals surface area contributed by atoms with Crippen LogP contribution in [0.25, 0.3) is 0 Å². The molecule has 0 aliphatic carbocycles. The van der Waals surface area contributed by atoms with Gasteiger partial charge in [-0.3, -0.25) is 9.69 Å². The zero-order valence-corrected chi connectivity index (χ0v) is 14.2. The van der Waals surface area contributed by atoms with Crippen molar-refractivity contribution < 1.29 is 4.79 Å². The van der Waals surface area contributed by atoms with Gasteiger partial charge in [0.25, 0.3) is 0 Å². The number of carbonyl (C=O) groups excluding carboxylic acids is 1. The van der Waals surface area contributed by atoms with Gasteiger partial charge >= 0.3 is 0 Å². The van der Waals surface area contributed by atoms with Gasteiger partial charge in [0, 0.05) is 38.0 Å². The number of thiazole rings is 1. The summed E-state index contributed by atoms with van der Waals surface area (Å²) in [5, 5.41) is 2.66. The molecule has 1 aromatic heterocycles. The summed E-state index contributed by atoms with van der Waals surface area (Å²) in [6.45, 7) is 6.41. The standard InChI is InChI=1S/C15H25N5OS/c1-11(21)19-7-8-20(12-3-5-18(2)6-4-12)14(9-19)13-10-22-15(16)17-13/h10,12,14H,3-9H2,1-2H3,(H2,16,17). The molecule has 0 saturated carbocycles. The van der Waals surface area contributed by atoms with Crippen molar-refractivity contribution in [2.75, 3.05) is 45.5 Å². The van der Waals surface area contributed by atoms with Crippen LogP contribution in [0.2, 0.25) is 0 Å². The first kappa shape index (κ1) is 15.7. The highest BCUT2D eigenvalue weighted by molar-refractivity contribution is 7.13. The van der Waals surface area contributed by atoms with E-state index < -0.39 is 0 Å². The number of piperidine rings is 1. The Kier molecular flexibility index (Phi) is 4.65. The fourth-order valence-corrected chi connectivity index (χ4v) is 4.17. The predicted octanol–water partition coefficient (Wildman–Crippen LogP) is 1.02. The summed E-state index contributed by atoms with van der Waals surface area (Å²) in [6, 6.07) is 0.762. The van der Waals surface area contributed by atoms with Crippen LogP contribution in [0.1, 0.15) is 31.5 Å². The van der Waals surface area contributed by atoms with Crippen LogP contribution < -0.4 is 5.73 Å². The minimum absolute atomic E-state index is 0.149. The van der Waals surface area contributed by atoms with Crippen molar-refractivity contribution in [1.82, 2.24) is 19.7 Å². The molecule has 7 heteroatoms. The fraction of sp³-hybridized carbons (Fsp3) is 0.733. The van der Waals surface area contributed by atoms with Gasteiger partial charge < -0.3 is 15.5 Å². The minimum Gasteiger partial charge on any atom is -0.375 e. The molecule has 1 amide bonds. The monoisotopic (exact) mass is 323 g/mol. The van der Waals surface area contributed by atoms with Gasteiger partial charge in [-0.25, -0.2) is 4.98 Å². The Labute approximate surface area is 135 Å². The van der Waals surface area contributed by atoms with Gasteiger partial charge in [0.1, 0.15) is 0 Å². The maximum absolute atomic E-state index is 11.8. The Morgan fingerprint density at radius 2 is 2.05 bits per heavy atom. The third-order valence-corrected chi connectivity index (χ3v) is 5.60. The molecule has 0 bridgehead atoms. The van der Waals surface area contributed by atoms with E-state index in [-0.39, 0.29) is 11.9 Å². The van der Waals surface area contributed by atoms with E-state index in [1.807, 2.05) is 10.3 Å². The number of hydrogen-bond donors (Lipinski definition) is 1. The smallest absolute Gasteiger partial charge is 0.219 e. The number of nitrogen functional groups attached to an aromatic ring is 1. The fourth-order valence-electron chi connectivity index (χ4n) is 3.56. The Bertz CT molecular complexity index is 526. The highest BCUT2D eigenvalue weighted by atomic mass is 32.1. The topological polar surface area (TPSA) is 65.7 Å². The first-order valence-electron chi connectivity index (χ1n) is 7.95. The summed E-state index contributed by atoms with van der Waals surface area (Å²) >= 11 is 1.49. The maximum Gasteiger partial charge on any atom is 0.219 e. The molecule has 3 rings (SSSR count). The molecule has 2 aliphatic rings. The molecule has 0 aromatic carbocycles. The number of rotatable bonds is 2. The number of aromatic nitrogens is 1. The normalized spacial score (nSPS) is 25.5. The Morgan fingerprint density at radius 3 is 2.64 bits per heavy atom. The molecule has 1 aromatic rings. The van der Waals surface area contributed by atoms with E-state index in [9.17, 15) is 4.79 Å². The number of piperazine rings is 1. The van der Waals surface area contributed by atoms with Crippen molar-refractivity contribution in [1.29, 1.82) is 0 Å². The molecule has 0 radical (unpaired) electrons. The van der Waals surface area contributed by atoms with Gasteiger partial charge in [0.15, 0.2) is 5.13 Å². The van der Waals surface area contributed by atoms with Crippen LogP contribution in [-0.2, 0) is 4.79 Å². The minimum atomic E-state index is 0.149. The van der Waals surface area contributed by atoms with Crippen LogP contribution in [0.15, 0.2) is 5.38 Å². The lowest BCUT2D eigenvalue weighted by molar-refractivity contribution is -0.132. The third-order valence-electron chi connectivity index (χ3n) is 4.91. The Balaban J connectivity index is 1.79. The van der Waals surface area contributed by atoms with Gasteiger partial charge in [0.2, 0.25) is 5.91 Å². The highest BCUT2D eigenvalue weighted by Crippen LogP contribution is 2.32. The van der Waals surface area contributed by atoms with Crippen molar-refractivity contribution >= 4 is 22.4 Å². The summed E-state index contributed by atoms with van der Waals surface area (Å²) in [6.07, 6.45) is 2.37. The summed E-state index contributed by atoms with van der Waals surface area (Å²) in [5.41, 5.74) is 6.84. The van der Waals surface area contributed by atoms with Crippen LogP contribution in [0.3, 0.4) is 0 Å². The number of nitrogens with zero attached hydrogens (tertiary/aromatic N) is 4. The Hall–Kier alpha value is -1.18. The second-order valence-corrected chi connectivity index (χ2v) is 7.25. The summed E-state index contributed by atoms with van der Waals surface area (Å²) in [5.74, 6) is 0.149. The SMILES string of the molecule is CC(=O)N1CCN(C2CCN(C)CC2)C(c2csc(N)n2)C1. The van der Waals surface area contributed by atoms with Crippen molar-refractivity contribution in [3.63, 3.8) is 0 Å². The van der Waals surface area contributed by atoms with Crippen LogP contribution in [0.5, 0.6) is 0 Å². The molecule has 3 heterocycles. The van der Waals surface area contributed by atoms with Crippen molar-refractivity contribution in [3.05, 3.63) is 11.1 Å². The first-order valence-corrected chi connectivity index (χ1v) is 8.83. The van der Waals surface area contributed by atoms with Gasteiger partial charge in [-0.05, 0) is 33.0 Å². The third kappa shape index (κ3) is 3.26. The average Bonchev–Trinajstić information content (AvgIpc) is 2.94. The molecule has 1 unspecified atom stereocenters. The molecule has 1 atom stereocenters. The van der Waals surface area contributed by atoms with Crippen molar-refractivity contribution in [2.24, 2.45) is 0 Å². The van der Waals surface area contributed by atoms with Gasteiger partial charge in [0.05, 0.1) is 11.7 Å². The molecular formula is C15H25N5OS. The van der Waals surface area contributed by atoms with Crippen molar-refractivity contribution in [2.45, 2.75) is 31.8 Å². The summed E-state index contributed by atoms with van der Waals surface area (Å²) in [7, 11) is 2.18. The summed E-state index contributed by atoms with van der Waals surface area (Å²) in [4.78, 5) is 23.1. The molecule has 2 aliphatic heterocycles. The van der Waals surface area contributed by atoms with E-state index in [2.05, 4.69) is 21.8 Å². The number of anilines is 1. The van der Waals surface area contributed by atoms with Crippen LogP contribution in [-0.4, -0.2) is 71.4 Å². The second-order valence-electron chi connectivity index (χ2n) is 6.36. The van der Waals surface area contributed by atoms with Crippen LogP contribution in [0.4, 0.5) is 5.13 Å². The first-order chi connectivity index (χ1) is 10.5. The lowest BCUT2D eigenvalue weighted by Crippen LogP contribution is -2.55. The molecule has 0 spiro atoms. The van der Waals surface area contributed by atoms with Gasteiger partial charge in [-0.15, -0.1) is 11.3 Å². The van der Waals surface area contributed by atoms with E-state index in [1.54, 1.807) is 6.92 Å². The Morgan fingerprint density at radius 1 is 1.32 bits per heavy atom. The second kappa shape index (κ2) is 6.52. The lowest BCUT2D eigenvalue weighted by Gasteiger charge is -2.46. The molecule has 22 heavy (non-hydrogen) atoms. The number of hydrogen-bond acceptors (Lipinski definition) is 6. The van der Waals surface area contributed by atoms with E-state index in [4.69, 9.17) is 5.73 Å². The van der Waals surface area contributed by atoms with E-state index in [0.717, 1.165) is 38.4 Å². The van der Waals surface area contributed by atoms with Crippen molar-refractivity contribution in [3.8, 4) is 0 Å². The number of amides is 1. The highest BCUT2D eigenvalue weighted by Gasteiger charge is 2.36. The molecule has 122 valence electrons. The molecule has 2 saturated heterocycles. The van der Waals surface area contributed by atoms with E-state index in [0.29, 0.717) is 11.2 Å². The zero-order chi connectivity index (χ0) is 15.7. The quantitative estimate of drug-likeness (QED) is 0.880. The van der Waals surface area contributed by atoms with Crippen LogP contribution in [0, 0.1) is 0 Å². The number of likely N-dealkylation sites (tertiary alicyclic amines) is 1. The van der Waals surface area contributed by atoms with E-state index >= 15 is 0 Å².